The molecule has 13 heavy (non-hydrogen) atoms. The SMILES string of the molecule is O=C1CCCc2c1cc1n2CCC1. The summed E-state index contributed by atoms with van der Waals surface area (Å²) in [5, 5.41) is 0. The van der Waals surface area contributed by atoms with E-state index >= 15 is 0 Å². The van der Waals surface area contributed by atoms with Gasteiger partial charge in [0.05, 0.1) is 0 Å². The largest absolute Gasteiger partial charge is 0.348 e. The third-order valence-electron chi connectivity index (χ3n) is 3.23. The molecule has 0 amide bonds. The molecule has 2 heterocycles. The van der Waals surface area contributed by atoms with Gasteiger partial charge in [0, 0.05) is 29.9 Å². The molecule has 0 atom stereocenters. The van der Waals surface area contributed by atoms with Crippen molar-refractivity contribution in [3.05, 3.63) is 23.0 Å². The molecule has 2 nitrogen and oxygen atoms in total. The molecule has 1 aliphatic carbocycles. The Morgan fingerprint density at radius 2 is 2.08 bits per heavy atom. The Morgan fingerprint density at radius 3 is 3.00 bits per heavy atom. The summed E-state index contributed by atoms with van der Waals surface area (Å²) in [6.45, 7) is 1.14. The minimum absolute atomic E-state index is 0.364. The zero-order valence-corrected chi connectivity index (χ0v) is 7.68. The van der Waals surface area contributed by atoms with Crippen LogP contribution in [0.25, 0.3) is 0 Å². The fourth-order valence-electron chi connectivity index (χ4n) is 2.61. The minimum Gasteiger partial charge on any atom is -0.348 e. The van der Waals surface area contributed by atoms with Crippen LogP contribution in [0, 0.1) is 0 Å². The van der Waals surface area contributed by atoms with Gasteiger partial charge in [-0.15, -0.1) is 0 Å². The molecule has 1 aliphatic heterocycles. The minimum atomic E-state index is 0.364. The molecule has 68 valence electrons. The van der Waals surface area contributed by atoms with Crippen molar-refractivity contribution in [2.75, 3.05) is 0 Å². The molecule has 0 bridgehead atoms. The van der Waals surface area contributed by atoms with Gasteiger partial charge in [-0.1, -0.05) is 0 Å². The second kappa shape index (κ2) is 2.47. The van der Waals surface area contributed by atoms with Gasteiger partial charge in [-0.25, -0.2) is 0 Å². The number of carbonyl (C=O) groups is 1. The molecular formula is C11H13NO. The maximum Gasteiger partial charge on any atom is 0.164 e. The van der Waals surface area contributed by atoms with Crippen LogP contribution < -0.4 is 0 Å². The van der Waals surface area contributed by atoms with Gasteiger partial charge >= 0.3 is 0 Å². The zero-order valence-electron chi connectivity index (χ0n) is 7.68. The molecule has 0 aromatic carbocycles. The van der Waals surface area contributed by atoms with E-state index in [0.29, 0.717) is 5.78 Å². The van der Waals surface area contributed by atoms with Crippen LogP contribution in [0.4, 0.5) is 0 Å². The predicted octanol–water partition coefficient (Wildman–Crippen LogP) is 1.95. The Kier molecular flexibility index (Phi) is 1.40. The molecule has 0 N–H and O–H groups in total. The molecule has 2 aliphatic rings. The number of ketones is 1. The topological polar surface area (TPSA) is 22.0 Å². The third-order valence-corrected chi connectivity index (χ3v) is 3.23. The van der Waals surface area contributed by atoms with E-state index < -0.39 is 0 Å². The van der Waals surface area contributed by atoms with Crippen LogP contribution in [0.15, 0.2) is 6.07 Å². The van der Waals surface area contributed by atoms with E-state index in [1.807, 2.05) is 0 Å². The van der Waals surface area contributed by atoms with Gasteiger partial charge < -0.3 is 4.57 Å². The molecule has 2 heteroatoms. The highest BCUT2D eigenvalue weighted by Gasteiger charge is 2.25. The van der Waals surface area contributed by atoms with Crippen molar-refractivity contribution < 1.29 is 4.79 Å². The van der Waals surface area contributed by atoms with E-state index in [0.717, 1.165) is 31.4 Å². The Hall–Kier alpha value is -1.05. The van der Waals surface area contributed by atoms with Gasteiger partial charge in [-0.3, -0.25) is 4.79 Å². The summed E-state index contributed by atoms with van der Waals surface area (Å²) in [4.78, 5) is 11.6. The van der Waals surface area contributed by atoms with Crippen LogP contribution in [0.5, 0.6) is 0 Å². The van der Waals surface area contributed by atoms with E-state index in [1.165, 1.54) is 24.2 Å². The highest BCUT2D eigenvalue weighted by molar-refractivity contribution is 5.98. The van der Waals surface area contributed by atoms with Crippen LogP contribution in [0.1, 0.15) is 41.0 Å². The summed E-state index contributed by atoms with van der Waals surface area (Å²) < 4.78 is 2.37. The van der Waals surface area contributed by atoms with E-state index in [9.17, 15) is 4.79 Å². The zero-order chi connectivity index (χ0) is 8.84. The van der Waals surface area contributed by atoms with Crippen molar-refractivity contribution in [1.82, 2.24) is 4.57 Å². The van der Waals surface area contributed by atoms with Crippen LogP contribution in [-0.2, 0) is 19.4 Å². The summed E-state index contributed by atoms with van der Waals surface area (Å²) in [6.07, 6.45) is 5.35. The van der Waals surface area contributed by atoms with Gasteiger partial charge in [0.25, 0.3) is 0 Å². The standard InChI is InChI=1S/C11H13NO/c13-11-5-1-4-10-9(11)7-8-3-2-6-12(8)10/h7H,1-6H2. The van der Waals surface area contributed by atoms with E-state index in [1.54, 1.807) is 0 Å². The van der Waals surface area contributed by atoms with Crippen LogP contribution in [0.2, 0.25) is 0 Å². The van der Waals surface area contributed by atoms with Crippen molar-refractivity contribution in [3.8, 4) is 0 Å². The van der Waals surface area contributed by atoms with Crippen molar-refractivity contribution in [3.63, 3.8) is 0 Å². The van der Waals surface area contributed by atoms with Crippen molar-refractivity contribution in [2.45, 2.75) is 38.6 Å². The number of aryl methyl sites for hydroxylation is 1. The van der Waals surface area contributed by atoms with Crippen molar-refractivity contribution >= 4 is 5.78 Å². The number of hydrogen-bond acceptors (Lipinski definition) is 1. The number of hydrogen-bond donors (Lipinski definition) is 0. The lowest BCUT2D eigenvalue weighted by atomic mass is 9.96. The van der Waals surface area contributed by atoms with Crippen molar-refractivity contribution in [2.24, 2.45) is 0 Å². The summed E-state index contributed by atoms with van der Waals surface area (Å²) in [5.74, 6) is 0.364. The maximum atomic E-state index is 11.6. The first-order valence-corrected chi connectivity index (χ1v) is 5.11. The van der Waals surface area contributed by atoms with Gasteiger partial charge in [0.15, 0.2) is 5.78 Å². The third kappa shape index (κ3) is 0.916. The second-order valence-corrected chi connectivity index (χ2v) is 4.03. The highest BCUT2D eigenvalue weighted by atomic mass is 16.1. The molecule has 0 spiro atoms. The average Bonchev–Trinajstić information content (AvgIpc) is 2.65. The van der Waals surface area contributed by atoms with Crippen molar-refractivity contribution in [1.29, 1.82) is 0 Å². The van der Waals surface area contributed by atoms with E-state index in [4.69, 9.17) is 0 Å². The maximum absolute atomic E-state index is 11.6. The lowest BCUT2D eigenvalue weighted by Crippen LogP contribution is -2.12. The lowest BCUT2D eigenvalue weighted by molar-refractivity contribution is 0.0971. The van der Waals surface area contributed by atoms with Gasteiger partial charge in [0.1, 0.15) is 0 Å². The van der Waals surface area contributed by atoms with E-state index in [-0.39, 0.29) is 0 Å². The highest BCUT2D eigenvalue weighted by Crippen LogP contribution is 2.29. The summed E-state index contributed by atoms with van der Waals surface area (Å²) in [5.41, 5.74) is 3.74. The number of carbonyl (C=O) groups excluding carboxylic acids is 1. The Balaban J connectivity index is 2.19. The first-order valence-electron chi connectivity index (χ1n) is 5.11. The Morgan fingerprint density at radius 1 is 1.15 bits per heavy atom. The molecule has 1 aromatic rings. The first-order chi connectivity index (χ1) is 6.36. The first kappa shape index (κ1) is 7.36. The lowest BCUT2D eigenvalue weighted by Gasteiger charge is -2.13. The van der Waals surface area contributed by atoms with Crippen LogP contribution in [-0.4, -0.2) is 10.4 Å². The van der Waals surface area contributed by atoms with Gasteiger partial charge in [-0.2, -0.15) is 0 Å². The second-order valence-electron chi connectivity index (χ2n) is 4.03. The summed E-state index contributed by atoms with van der Waals surface area (Å²) >= 11 is 0. The van der Waals surface area contributed by atoms with Gasteiger partial charge in [0.2, 0.25) is 0 Å². The monoisotopic (exact) mass is 175 g/mol. The Bertz CT molecular complexity index is 376. The summed E-state index contributed by atoms with van der Waals surface area (Å²) in [7, 11) is 0. The molecule has 0 saturated heterocycles. The number of Topliss-reactive ketones (excluding diaryl/α,β-unsaturated/α-hetero) is 1. The number of aromatic nitrogens is 1. The smallest absolute Gasteiger partial charge is 0.164 e. The molecule has 0 radical (unpaired) electrons. The van der Waals surface area contributed by atoms with Gasteiger partial charge in [-0.05, 0) is 31.7 Å². The number of rotatable bonds is 0. The molecule has 1 aromatic heterocycles. The van der Waals surface area contributed by atoms with Crippen LogP contribution in [0.3, 0.4) is 0 Å². The fraction of sp³-hybridized carbons (Fsp3) is 0.545. The Labute approximate surface area is 77.6 Å². The number of fused-ring (bicyclic) bond motifs is 3. The predicted molar refractivity (Wildman–Crippen MR) is 50.0 cm³/mol. The normalized spacial score (nSPS) is 20.2. The molecule has 3 rings (SSSR count). The number of nitrogens with zero attached hydrogens (tertiary/aromatic N) is 1. The molecule has 0 fully saturated rings. The molecule has 0 unspecified atom stereocenters. The quantitative estimate of drug-likeness (QED) is 0.590. The molecular weight excluding hydrogens is 162 g/mol. The molecule has 0 saturated carbocycles. The summed E-state index contributed by atoms with van der Waals surface area (Å²) in [6, 6.07) is 2.13. The van der Waals surface area contributed by atoms with E-state index in [2.05, 4.69) is 10.6 Å². The average molecular weight is 175 g/mol. The van der Waals surface area contributed by atoms with Crippen LogP contribution >= 0.6 is 0 Å². The fourth-order valence-corrected chi connectivity index (χ4v) is 2.61.